The third-order valence-corrected chi connectivity index (χ3v) is 3.06. The fourth-order valence-electron chi connectivity index (χ4n) is 2.25. The summed E-state index contributed by atoms with van der Waals surface area (Å²) >= 11 is 0. The Morgan fingerprint density at radius 2 is 1.92 bits per heavy atom. The van der Waals surface area contributed by atoms with E-state index in [9.17, 15) is 4.79 Å². The zero-order chi connectivity index (χ0) is 10.2. The van der Waals surface area contributed by atoms with Crippen molar-refractivity contribution >= 4 is 5.91 Å². The first-order chi connectivity index (χ1) is 5.84. The molecule has 76 valence electrons. The van der Waals surface area contributed by atoms with Crippen molar-refractivity contribution in [2.45, 2.75) is 34.6 Å². The van der Waals surface area contributed by atoms with Crippen molar-refractivity contribution in [3.63, 3.8) is 0 Å². The highest BCUT2D eigenvalue weighted by atomic mass is 16.2. The Morgan fingerprint density at radius 3 is 2.23 bits per heavy atom. The van der Waals surface area contributed by atoms with Gasteiger partial charge in [0.1, 0.15) is 0 Å². The van der Waals surface area contributed by atoms with E-state index < -0.39 is 0 Å². The molecule has 1 fully saturated rings. The average molecular weight is 183 g/mol. The van der Waals surface area contributed by atoms with E-state index in [0.29, 0.717) is 11.8 Å². The molecule has 13 heavy (non-hydrogen) atoms. The maximum atomic E-state index is 11.6. The van der Waals surface area contributed by atoms with E-state index in [1.807, 2.05) is 0 Å². The molecule has 2 heteroatoms. The van der Waals surface area contributed by atoms with Gasteiger partial charge in [-0.05, 0) is 17.3 Å². The maximum Gasteiger partial charge on any atom is 0.223 e. The van der Waals surface area contributed by atoms with Gasteiger partial charge in [-0.15, -0.1) is 0 Å². The molecule has 0 spiro atoms. The van der Waals surface area contributed by atoms with Gasteiger partial charge in [0.05, 0.1) is 0 Å². The molecule has 0 aromatic carbocycles. The average Bonchev–Trinajstić information content (AvgIpc) is 2.28. The predicted octanol–water partition coefficient (Wildman–Crippen LogP) is 2.05. The van der Waals surface area contributed by atoms with Crippen molar-refractivity contribution in [1.29, 1.82) is 0 Å². The molecule has 1 amide bonds. The van der Waals surface area contributed by atoms with Gasteiger partial charge in [0.15, 0.2) is 0 Å². The summed E-state index contributed by atoms with van der Waals surface area (Å²) in [7, 11) is 0. The van der Waals surface area contributed by atoms with Crippen LogP contribution in [0.5, 0.6) is 0 Å². The zero-order valence-corrected chi connectivity index (χ0v) is 9.35. The Morgan fingerprint density at radius 1 is 1.38 bits per heavy atom. The van der Waals surface area contributed by atoms with Crippen molar-refractivity contribution in [2.75, 3.05) is 6.54 Å². The van der Waals surface area contributed by atoms with Crippen LogP contribution in [0.1, 0.15) is 34.6 Å². The molecular formula is C11H21NO. The summed E-state index contributed by atoms with van der Waals surface area (Å²) in [5.74, 6) is 1.39. The smallest absolute Gasteiger partial charge is 0.223 e. The number of carbonyl (C=O) groups excluding carboxylic acids is 1. The molecule has 1 rings (SSSR count). The second kappa shape index (κ2) is 3.32. The molecule has 0 radical (unpaired) electrons. The van der Waals surface area contributed by atoms with Gasteiger partial charge < -0.3 is 5.32 Å². The molecule has 1 heterocycles. The summed E-state index contributed by atoms with van der Waals surface area (Å²) in [6.07, 6.45) is 0. The number of carbonyl (C=O) groups is 1. The molecule has 1 saturated heterocycles. The van der Waals surface area contributed by atoms with Gasteiger partial charge in [0.25, 0.3) is 0 Å². The minimum absolute atomic E-state index is 0.208. The van der Waals surface area contributed by atoms with Crippen LogP contribution >= 0.6 is 0 Å². The van der Waals surface area contributed by atoms with Crippen LogP contribution in [-0.2, 0) is 4.79 Å². The number of rotatable bonds is 1. The van der Waals surface area contributed by atoms with Gasteiger partial charge >= 0.3 is 0 Å². The minimum atomic E-state index is 0.208. The van der Waals surface area contributed by atoms with Crippen LogP contribution in [0.4, 0.5) is 0 Å². The van der Waals surface area contributed by atoms with E-state index in [1.54, 1.807) is 0 Å². The van der Waals surface area contributed by atoms with Crippen LogP contribution in [0.15, 0.2) is 0 Å². The summed E-state index contributed by atoms with van der Waals surface area (Å²) < 4.78 is 0. The van der Waals surface area contributed by atoms with Crippen LogP contribution in [0.25, 0.3) is 0 Å². The second-order valence-corrected chi connectivity index (χ2v) is 5.49. The maximum absolute atomic E-state index is 11.6. The number of nitrogens with one attached hydrogen (secondary N) is 1. The first-order valence-corrected chi connectivity index (χ1v) is 5.11. The Kier molecular flexibility index (Phi) is 2.69. The van der Waals surface area contributed by atoms with E-state index in [2.05, 4.69) is 39.9 Å². The van der Waals surface area contributed by atoms with Crippen LogP contribution in [-0.4, -0.2) is 12.5 Å². The molecule has 1 aliphatic rings. The molecule has 1 aliphatic heterocycles. The molecular weight excluding hydrogens is 162 g/mol. The lowest BCUT2D eigenvalue weighted by atomic mass is 9.71. The van der Waals surface area contributed by atoms with Crippen molar-refractivity contribution in [2.24, 2.45) is 23.2 Å². The van der Waals surface area contributed by atoms with E-state index in [4.69, 9.17) is 0 Å². The van der Waals surface area contributed by atoms with Crippen LogP contribution in [0.2, 0.25) is 0 Å². The molecule has 0 bridgehead atoms. The summed E-state index contributed by atoms with van der Waals surface area (Å²) in [4.78, 5) is 11.6. The van der Waals surface area contributed by atoms with Gasteiger partial charge in [-0.3, -0.25) is 4.79 Å². The van der Waals surface area contributed by atoms with Crippen molar-refractivity contribution in [3.05, 3.63) is 0 Å². The first kappa shape index (κ1) is 10.6. The molecule has 0 aliphatic carbocycles. The van der Waals surface area contributed by atoms with Gasteiger partial charge in [-0.2, -0.15) is 0 Å². The fraction of sp³-hybridized carbons (Fsp3) is 0.909. The van der Waals surface area contributed by atoms with E-state index in [-0.39, 0.29) is 17.2 Å². The van der Waals surface area contributed by atoms with Gasteiger partial charge in [-0.1, -0.05) is 34.6 Å². The SMILES string of the molecule is CC(C)C1C(=O)NCC1C(C)(C)C. The van der Waals surface area contributed by atoms with E-state index >= 15 is 0 Å². The third-order valence-electron chi connectivity index (χ3n) is 3.06. The van der Waals surface area contributed by atoms with Gasteiger partial charge in [0.2, 0.25) is 5.91 Å². The third kappa shape index (κ3) is 2.04. The highest BCUT2D eigenvalue weighted by molar-refractivity contribution is 5.81. The molecule has 0 saturated carbocycles. The summed E-state index contributed by atoms with van der Waals surface area (Å²) in [6.45, 7) is 11.8. The minimum Gasteiger partial charge on any atom is -0.356 e. The molecule has 2 atom stereocenters. The Balaban J connectivity index is 2.82. The highest BCUT2D eigenvalue weighted by Gasteiger charge is 2.42. The topological polar surface area (TPSA) is 29.1 Å². The Hall–Kier alpha value is -0.530. The molecule has 0 aromatic rings. The van der Waals surface area contributed by atoms with Crippen molar-refractivity contribution in [1.82, 2.24) is 5.32 Å². The Bertz CT molecular complexity index is 203. The molecule has 1 N–H and O–H groups in total. The summed E-state index contributed by atoms with van der Waals surface area (Å²) in [6, 6.07) is 0. The van der Waals surface area contributed by atoms with Crippen LogP contribution in [0, 0.1) is 23.2 Å². The summed E-state index contributed by atoms with van der Waals surface area (Å²) in [5.41, 5.74) is 0.230. The second-order valence-electron chi connectivity index (χ2n) is 5.49. The van der Waals surface area contributed by atoms with Crippen molar-refractivity contribution < 1.29 is 4.79 Å². The summed E-state index contributed by atoms with van der Waals surface area (Å²) in [5, 5.41) is 2.97. The predicted molar refractivity (Wildman–Crippen MR) is 54.3 cm³/mol. The van der Waals surface area contributed by atoms with E-state index in [1.165, 1.54) is 0 Å². The van der Waals surface area contributed by atoms with E-state index in [0.717, 1.165) is 6.54 Å². The lowest BCUT2D eigenvalue weighted by Gasteiger charge is -2.31. The normalized spacial score (nSPS) is 29.5. The standard InChI is InChI=1S/C11H21NO/c1-7(2)9-8(11(3,4)5)6-12-10(9)13/h7-9H,6H2,1-5H3,(H,12,13). The van der Waals surface area contributed by atoms with Crippen molar-refractivity contribution in [3.8, 4) is 0 Å². The van der Waals surface area contributed by atoms with Crippen LogP contribution in [0.3, 0.4) is 0 Å². The highest BCUT2D eigenvalue weighted by Crippen LogP contribution is 2.38. The number of hydrogen-bond acceptors (Lipinski definition) is 1. The lowest BCUT2D eigenvalue weighted by molar-refractivity contribution is -0.124. The number of hydrogen-bond donors (Lipinski definition) is 1. The monoisotopic (exact) mass is 183 g/mol. The molecule has 2 unspecified atom stereocenters. The molecule has 2 nitrogen and oxygen atoms in total. The van der Waals surface area contributed by atoms with Gasteiger partial charge in [0, 0.05) is 12.5 Å². The van der Waals surface area contributed by atoms with Crippen LogP contribution < -0.4 is 5.32 Å². The van der Waals surface area contributed by atoms with Gasteiger partial charge in [-0.25, -0.2) is 0 Å². The largest absolute Gasteiger partial charge is 0.356 e. The quantitative estimate of drug-likeness (QED) is 0.662. The lowest BCUT2D eigenvalue weighted by Crippen LogP contribution is -2.31. The molecule has 0 aromatic heterocycles. The Labute approximate surface area is 81.1 Å². The fourth-order valence-corrected chi connectivity index (χ4v) is 2.25. The number of amides is 1. The zero-order valence-electron chi connectivity index (χ0n) is 9.35. The first-order valence-electron chi connectivity index (χ1n) is 5.11.